The molecule has 0 radical (unpaired) electrons. The van der Waals surface area contributed by atoms with E-state index in [1.807, 2.05) is 33.3 Å². The predicted octanol–water partition coefficient (Wildman–Crippen LogP) is 1.87. The lowest BCUT2D eigenvalue weighted by Gasteiger charge is -2.37. The summed E-state index contributed by atoms with van der Waals surface area (Å²) in [7, 11) is 0. The molecule has 0 amide bonds. The van der Waals surface area contributed by atoms with Crippen LogP contribution in [-0.2, 0) is 6.54 Å². The maximum atomic E-state index is 12.7. The number of nitrogens with zero attached hydrogens (tertiary/aromatic N) is 3. The van der Waals surface area contributed by atoms with E-state index in [1.165, 1.54) is 12.1 Å². The molecule has 0 saturated carbocycles. The molecule has 2 aliphatic heterocycles. The van der Waals surface area contributed by atoms with Gasteiger partial charge in [0.2, 0.25) is 0 Å². The first-order valence-electron chi connectivity index (χ1n) is 8.18. The van der Waals surface area contributed by atoms with Crippen molar-refractivity contribution in [2.45, 2.75) is 18.9 Å². The van der Waals surface area contributed by atoms with Gasteiger partial charge in [-0.25, -0.2) is 4.52 Å². The molecule has 2 bridgehead atoms. The van der Waals surface area contributed by atoms with Gasteiger partial charge in [-0.15, -0.1) is 0 Å². The average Bonchev–Trinajstić information content (AvgIpc) is 3.04. The Bertz CT molecular complexity index is 955. The molecule has 23 heavy (non-hydrogen) atoms. The van der Waals surface area contributed by atoms with Gasteiger partial charge in [0.1, 0.15) is 0 Å². The van der Waals surface area contributed by atoms with Crippen molar-refractivity contribution in [1.82, 2.24) is 19.5 Å². The highest BCUT2D eigenvalue weighted by molar-refractivity contribution is 5.64. The van der Waals surface area contributed by atoms with Crippen LogP contribution in [0.4, 0.5) is 0 Å². The Morgan fingerprint density at radius 2 is 2.13 bits per heavy atom. The summed E-state index contributed by atoms with van der Waals surface area (Å²) in [6.07, 6.45) is 2.97. The summed E-state index contributed by atoms with van der Waals surface area (Å²) in [4.78, 5) is 12.7. The maximum Gasteiger partial charge on any atom is 0.251 e. The SMILES string of the molecule is O=c1cc(-c2cccc3ccnn23)cc2n1C[C@@H]1CNC[C@H]2C1. The molecule has 5 heteroatoms. The third-order valence-electron chi connectivity index (χ3n) is 5.18. The first-order chi connectivity index (χ1) is 11.3. The van der Waals surface area contributed by atoms with E-state index in [0.717, 1.165) is 36.4 Å². The first-order valence-corrected chi connectivity index (χ1v) is 8.18. The van der Waals surface area contributed by atoms with Crippen LogP contribution < -0.4 is 10.9 Å². The van der Waals surface area contributed by atoms with Gasteiger partial charge in [-0.3, -0.25) is 4.79 Å². The molecule has 0 aromatic carbocycles. The second kappa shape index (κ2) is 4.80. The number of pyridine rings is 2. The van der Waals surface area contributed by atoms with Crippen LogP contribution in [0.5, 0.6) is 0 Å². The minimum atomic E-state index is 0.109. The van der Waals surface area contributed by atoms with E-state index in [0.29, 0.717) is 11.8 Å². The van der Waals surface area contributed by atoms with Crippen molar-refractivity contribution in [3.05, 3.63) is 58.6 Å². The summed E-state index contributed by atoms with van der Waals surface area (Å²) >= 11 is 0. The van der Waals surface area contributed by atoms with Crippen molar-refractivity contribution in [3.8, 4) is 11.3 Å². The smallest absolute Gasteiger partial charge is 0.251 e. The molecule has 0 spiro atoms. The van der Waals surface area contributed by atoms with E-state index in [2.05, 4.69) is 16.5 Å². The fourth-order valence-electron chi connectivity index (χ4n) is 4.12. The van der Waals surface area contributed by atoms with Crippen molar-refractivity contribution >= 4 is 5.52 Å². The van der Waals surface area contributed by atoms with Crippen molar-refractivity contribution in [2.75, 3.05) is 13.1 Å². The van der Waals surface area contributed by atoms with Gasteiger partial charge >= 0.3 is 0 Å². The zero-order valence-electron chi connectivity index (χ0n) is 12.8. The lowest BCUT2D eigenvalue weighted by atomic mass is 9.83. The molecule has 116 valence electrons. The van der Waals surface area contributed by atoms with E-state index in [4.69, 9.17) is 0 Å². The number of rotatable bonds is 1. The van der Waals surface area contributed by atoms with Crippen LogP contribution in [0.3, 0.4) is 0 Å². The molecule has 2 aliphatic rings. The number of nitrogens with one attached hydrogen (secondary N) is 1. The largest absolute Gasteiger partial charge is 0.316 e. The van der Waals surface area contributed by atoms with Crippen LogP contribution in [0.15, 0.2) is 47.4 Å². The number of hydrogen-bond donors (Lipinski definition) is 1. The van der Waals surface area contributed by atoms with Gasteiger partial charge in [0, 0.05) is 36.3 Å². The molecule has 1 N–H and O–H groups in total. The molecule has 5 nitrogen and oxygen atoms in total. The van der Waals surface area contributed by atoms with Crippen LogP contribution in [0, 0.1) is 5.92 Å². The standard InChI is InChI=1S/C18H18N4O/c23-18-8-13(16-3-1-2-15-4-5-20-22(15)16)7-17-14-6-12(9-19-10-14)11-21(17)18/h1-5,7-8,12,14,19H,6,9-11H2/t12-,14+/m0/s1. The molecule has 3 aromatic heterocycles. The van der Waals surface area contributed by atoms with E-state index in [1.54, 1.807) is 12.3 Å². The summed E-state index contributed by atoms with van der Waals surface area (Å²) in [5.41, 5.74) is 4.25. The maximum absolute atomic E-state index is 12.7. The van der Waals surface area contributed by atoms with Crippen molar-refractivity contribution < 1.29 is 0 Å². The second-order valence-corrected chi connectivity index (χ2v) is 6.65. The molecule has 3 aromatic rings. The summed E-state index contributed by atoms with van der Waals surface area (Å²) in [6, 6.07) is 12.0. The number of aromatic nitrogens is 3. The monoisotopic (exact) mass is 306 g/mol. The first kappa shape index (κ1) is 13.1. The molecular weight excluding hydrogens is 288 g/mol. The third kappa shape index (κ3) is 1.96. The van der Waals surface area contributed by atoms with Crippen molar-refractivity contribution in [3.63, 3.8) is 0 Å². The van der Waals surface area contributed by atoms with Crippen molar-refractivity contribution in [1.29, 1.82) is 0 Å². The highest BCUT2D eigenvalue weighted by Gasteiger charge is 2.31. The topological polar surface area (TPSA) is 51.3 Å². The lowest BCUT2D eigenvalue weighted by Crippen LogP contribution is -2.44. The summed E-state index contributed by atoms with van der Waals surface area (Å²) in [5, 5.41) is 7.89. The van der Waals surface area contributed by atoms with Crippen LogP contribution >= 0.6 is 0 Å². The fourth-order valence-corrected chi connectivity index (χ4v) is 4.12. The Labute approximate surface area is 133 Å². The number of piperidine rings is 1. The highest BCUT2D eigenvalue weighted by atomic mass is 16.1. The Hall–Kier alpha value is -2.40. The van der Waals surface area contributed by atoms with Gasteiger partial charge in [-0.05, 0) is 43.1 Å². The summed E-state index contributed by atoms with van der Waals surface area (Å²) in [5.74, 6) is 1.02. The third-order valence-corrected chi connectivity index (χ3v) is 5.18. The van der Waals surface area contributed by atoms with Gasteiger partial charge in [-0.2, -0.15) is 5.10 Å². The highest BCUT2D eigenvalue weighted by Crippen LogP contribution is 2.33. The Morgan fingerprint density at radius 1 is 1.17 bits per heavy atom. The lowest BCUT2D eigenvalue weighted by molar-refractivity contribution is 0.257. The minimum Gasteiger partial charge on any atom is -0.316 e. The predicted molar refractivity (Wildman–Crippen MR) is 88.6 cm³/mol. The second-order valence-electron chi connectivity index (χ2n) is 6.65. The Morgan fingerprint density at radius 3 is 3.09 bits per heavy atom. The number of hydrogen-bond acceptors (Lipinski definition) is 3. The molecule has 5 rings (SSSR count). The molecular formula is C18H18N4O. The minimum absolute atomic E-state index is 0.109. The van der Waals surface area contributed by atoms with Gasteiger partial charge in [-0.1, -0.05) is 6.07 Å². The van der Waals surface area contributed by atoms with Crippen LogP contribution in [0.2, 0.25) is 0 Å². The molecule has 0 aliphatic carbocycles. The van der Waals surface area contributed by atoms with E-state index < -0.39 is 0 Å². The summed E-state index contributed by atoms with van der Waals surface area (Å²) in [6.45, 7) is 2.83. The normalized spacial score (nSPS) is 23.0. The molecule has 5 heterocycles. The van der Waals surface area contributed by atoms with E-state index in [-0.39, 0.29) is 5.56 Å². The average molecular weight is 306 g/mol. The van der Waals surface area contributed by atoms with Crippen LogP contribution in [0.1, 0.15) is 18.0 Å². The molecule has 2 atom stereocenters. The van der Waals surface area contributed by atoms with E-state index >= 15 is 0 Å². The Balaban J connectivity index is 1.72. The number of fused-ring (bicyclic) bond motifs is 5. The van der Waals surface area contributed by atoms with Gasteiger partial charge in [0.25, 0.3) is 5.56 Å². The Kier molecular flexibility index (Phi) is 2.73. The van der Waals surface area contributed by atoms with Gasteiger partial charge < -0.3 is 9.88 Å². The molecule has 1 saturated heterocycles. The molecule has 0 unspecified atom stereocenters. The zero-order chi connectivity index (χ0) is 15.4. The quantitative estimate of drug-likeness (QED) is 0.747. The van der Waals surface area contributed by atoms with Gasteiger partial charge in [0.05, 0.1) is 17.4 Å². The van der Waals surface area contributed by atoms with Crippen LogP contribution in [0.25, 0.3) is 16.8 Å². The van der Waals surface area contributed by atoms with E-state index in [9.17, 15) is 4.79 Å². The van der Waals surface area contributed by atoms with Crippen LogP contribution in [-0.4, -0.2) is 27.3 Å². The van der Waals surface area contributed by atoms with Gasteiger partial charge in [0.15, 0.2) is 0 Å². The molecule has 1 fully saturated rings. The fraction of sp³-hybridized carbons (Fsp3) is 0.333. The summed E-state index contributed by atoms with van der Waals surface area (Å²) < 4.78 is 3.88. The zero-order valence-corrected chi connectivity index (χ0v) is 12.8. The van der Waals surface area contributed by atoms with Crippen molar-refractivity contribution in [2.24, 2.45) is 5.92 Å².